The van der Waals surface area contributed by atoms with Crippen LogP contribution in [0, 0.1) is 6.92 Å². The average Bonchev–Trinajstić information content (AvgIpc) is 3.31. The van der Waals surface area contributed by atoms with Gasteiger partial charge in [0.25, 0.3) is 5.56 Å². The highest BCUT2D eigenvalue weighted by Gasteiger charge is 2.46. The molecule has 35 heavy (non-hydrogen) atoms. The number of phosphoric ester groups is 1. The molecule has 17 heteroatoms. The Morgan fingerprint density at radius 2 is 1.97 bits per heavy atom. The normalized spacial score (nSPS) is 24.5. The van der Waals surface area contributed by atoms with Crippen molar-refractivity contribution in [3.05, 3.63) is 62.6 Å². The molecule has 6 atom stereocenters. The zero-order valence-corrected chi connectivity index (χ0v) is 19.7. The van der Waals surface area contributed by atoms with E-state index in [0.717, 1.165) is 27.0 Å². The van der Waals surface area contributed by atoms with Crippen LogP contribution in [0.1, 0.15) is 17.5 Å². The van der Waals surface area contributed by atoms with Crippen molar-refractivity contribution in [2.45, 2.75) is 38.0 Å². The lowest BCUT2D eigenvalue weighted by Gasteiger charge is -2.18. The van der Waals surface area contributed by atoms with Crippen LogP contribution in [0.15, 0.2) is 44.6 Å². The van der Waals surface area contributed by atoms with E-state index in [0.29, 0.717) is 16.7 Å². The molecule has 188 valence electrons. The number of aromatic nitrogens is 3. The van der Waals surface area contributed by atoms with Crippen molar-refractivity contribution in [1.29, 1.82) is 0 Å². The zero-order chi connectivity index (χ0) is 25.5. The van der Waals surface area contributed by atoms with E-state index in [1.807, 2.05) is 13.0 Å². The largest absolute Gasteiger partial charge is 0.705 e. The molecule has 4 N–H and O–H groups in total. The zero-order valence-electron chi connectivity index (χ0n) is 17.9. The number of aliphatic hydroxyl groups excluding tert-OH is 2. The van der Waals surface area contributed by atoms with Gasteiger partial charge in [-0.15, -0.1) is 4.89 Å². The first-order chi connectivity index (χ1) is 16.5. The summed E-state index contributed by atoms with van der Waals surface area (Å²) in [5.74, 6) is 0. The fraction of sp³-hybridized carbons (Fsp3) is 0.389. The van der Waals surface area contributed by atoms with E-state index in [4.69, 9.17) is 14.2 Å². The van der Waals surface area contributed by atoms with Gasteiger partial charge in [-0.05, 0) is 22.9 Å². The molecule has 2 aromatic heterocycles. The topological polar surface area (TPSA) is 213 Å². The van der Waals surface area contributed by atoms with E-state index < -0.39 is 58.5 Å². The maximum absolute atomic E-state index is 13.1. The number of hydrogen-bond acceptors (Lipinski definition) is 11. The Morgan fingerprint density at radius 1 is 1.23 bits per heavy atom. The smallest absolute Gasteiger partial charge is 0.387 e. The highest BCUT2D eigenvalue weighted by molar-refractivity contribution is 7.55. The molecule has 0 spiro atoms. The molecule has 1 fully saturated rings. The van der Waals surface area contributed by atoms with Gasteiger partial charge < -0.3 is 19.5 Å². The lowest BCUT2D eigenvalue weighted by Crippen LogP contribution is -2.43. The summed E-state index contributed by atoms with van der Waals surface area (Å²) >= 11 is 0. The van der Waals surface area contributed by atoms with Gasteiger partial charge in [-0.1, -0.05) is 17.3 Å². The molecule has 0 saturated carbocycles. The predicted octanol–water partition coefficient (Wildman–Crippen LogP) is -0.0896. The van der Waals surface area contributed by atoms with E-state index in [2.05, 4.69) is 14.0 Å². The van der Waals surface area contributed by atoms with Crippen LogP contribution in [0.4, 0.5) is 0 Å². The summed E-state index contributed by atoms with van der Waals surface area (Å²) in [6, 6.07) is 6.32. The molecule has 0 aliphatic carbocycles. The van der Waals surface area contributed by atoms with Crippen LogP contribution in [0.2, 0.25) is 0 Å². The number of rotatable bonds is 8. The number of fused-ring (bicyclic) bond motifs is 1. The summed E-state index contributed by atoms with van der Waals surface area (Å²) in [4.78, 5) is 43.5. The molecule has 3 unspecified atom stereocenters. The third kappa shape index (κ3) is 5.19. The second kappa shape index (κ2) is 9.82. The summed E-state index contributed by atoms with van der Waals surface area (Å²) in [5.41, 5.74) is 0.0595. The Hall–Kier alpha value is -2.58. The maximum Gasteiger partial charge on any atom is 0.705 e. The van der Waals surface area contributed by atoms with Gasteiger partial charge in [0.1, 0.15) is 24.0 Å². The molecular weight excluding hydrogens is 512 g/mol. The van der Waals surface area contributed by atoms with Gasteiger partial charge in [0.2, 0.25) is 0 Å². The standard InChI is InChI=1S/C18H19N3O12P2/c1-9-3-2-4-11-14(9)10(19-32-11)7-21-13(22)5-6-20(18(21)25)17-16(24)15(23)12(31-17)8-30-35(28,29)33-34(26)27/h2-6,12,15-17,23-24H,7-8H2,1H3,(H-,26,27,28,29)/p+1/t12-,15+,16?,17-/m1/s1. The van der Waals surface area contributed by atoms with Gasteiger partial charge >= 0.3 is 21.8 Å². The first-order valence-corrected chi connectivity index (χ1v) is 12.6. The summed E-state index contributed by atoms with van der Waals surface area (Å²) in [7, 11) is -8.41. The van der Waals surface area contributed by atoms with Crippen LogP contribution in [0.25, 0.3) is 11.0 Å². The van der Waals surface area contributed by atoms with E-state index in [1.165, 1.54) is 0 Å². The number of ether oxygens (including phenoxy) is 1. The lowest BCUT2D eigenvalue weighted by molar-refractivity contribution is -0.0546. The monoisotopic (exact) mass is 532 g/mol. The number of benzene rings is 1. The quantitative estimate of drug-likeness (QED) is 0.280. The predicted molar refractivity (Wildman–Crippen MR) is 115 cm³/mol. The minimum atomic E-state index is -4.96. The van der Waals surface area contributed by atoms with E-state index in [9.17, 15) is 33.8 Å². The highest BCUT2D eigenvalue weighted by atomic mass is 31.2. The minimum absolute atomic E-state index is 0.251. The van der Waals surface area contributed by atoms with Crippen LogP contribution >= 0.6 is 16.1 Å². The van der Waals surface area contributed by atoms with Gasteiger partial charge in [-0.25, -0.2) is 9.36 Å². The van der Waals surface area contributed by atoms with Crippen molar-refractivity contribution >= 4 is 27.0 Å². The molecule has 0 bridgehead atoms. The fourth-order valence-electron chi connectivity index (χ4n) is 3.74. The third-order valence-electron chi connectivity index (χ3n) is 5.37. The maximum atomic E-state index is 13.1. The first kappa shape index (κ1) is 25.5. The van der Waals surface area contributed by atoms with Crippen molar-refractivity contribution in [1.82, 2.24) is 14.3 Å². The number of aliphatic hydroxyl groups is 2. The Balaban J connectivity index is 1.59. The molecule has 0 radical (unpaired) electrons. The third-order valence-corrected chi connectivity index (χ3v) is 7.23. The molecule has 1 saturated heterocycles. The second-order valence-electron chi connectivity index (χ2n) is 7.64. The summed E-state index contributed by atoms with van der Waals surface area (Å²) in [6.45, 7) is 0.736. The van der Waals surface area contributed by atoms with Gasteiger partial charge in [-0.3, -0.25) is 23.3 Å². The van der Waals surface area contributed by atoms with Crippen LogP contribution in [0.5, 0.6) is 0 Å². The summed E-state index contributed by atoms with van der Waals surface area (Å²) in [5, 5.41) is 25.3. The van der Waals surface area contributed by atoms with Gasteiger partial charge in [0.05, 0.1) is 13.2 Å². The van der Waals surface area contributed by atoms with Crippen molar-refractivity contribution in [2.24, 2.45) is 0 Å². The molecular formula is C18H20N3O12P2+. The van der Waals surface area contributed by atoms with E-state index in [-0.39, 0.29) is 6.54 Å². The number of aryl methyl sites for hydroxylation is 1. The van der Waals surface area contributed by atoms with Crippen molar-refractivity contribution in [3.63, 3.8) is 0 Å². The fourth-order valence-corrected chi connectivity index (χ4v) is 4.97. The summed E-state index contributed by atoms with van der Waals surface area (Å²) in [6.07, 6.45) is -5.24. The van der Waals surface area contributed by atoms with Crippen molar-refractivity contribution in [2.75, 3.05) is 6.61 Å². The molecule has 1 aliphatic rings. The number of phosphoric acid groups is 1. The Kier molecular flexibility index (Phi) is 7.16. The Morgan fingerprint density at radius 3 is 2.69 bits per heavy atom. The lowest BCUT2D eigenvalue weighted by atomic mass is 10.1. The second-order valence-corrected chi connectivity index (χ2v) is 9.96. The average molecular weight is 532 g/mol. The molecule has 15 nitrogen and oxygen atoms in total. The molecule has 0 amide bonds. The van der Waals surface area contributed by atoms with Crippen LogP contribution in [-0.2, 0) is 29.2 Å². The van der Waals surface area contributed by atoms with Gasteiger partial charge in [0.15, 0.2) is 11.8 Å². The summed E-state index contributed by atoms with van der Waals surface area (Å²) < 4.78 is 42.9. The van der Waals surface area contributed by atoms with Crippen LogP contribution in [0.3, 0.4) is 0 Å². The molecule has 3 aromatic rings. The Bertz CT molecular complexity index is 1430. The number of nitrogens with zero attached hydrogens (tertiary/aromatic N) is 3. The molecule has 3 heterocycles. The van der Waals surface area contributed by atoms with Crippen LogP contribution < -0.4 is 11.2 Å². The molecule has 4 rings (SSSR count). The van der Waals surface area contributed by atoms with Gasteiger partial charge in [-0.2, -0.15) is 0 Å². The first-order valence-electron chi connectivity index (χ1n) is 9.99. The number of hydrogen-bond donors (Lipinski definition) is 4. The van der Waals surface area contributed by atoms with Crippen molar-refractivity contribution in [3.8, 4) is 0 Å². The van der Waals surface area contributed by atoms with Gasteiger partial charge in [0, 0.05) is 22.2 Å². The van der Waals surface area contributed by atoms with Crippen LogP contribution in [-0.4, -0.2) is 59.2 Å². The molecule has 1 aromatic carbocycles. The van der Waals surface area contributed by atoms with E-state index >= 15 is 0 Å². The highest BCUT2D eigenvalue weighted by Crippen LogP contribution is 2.51. The van der Waals surface area contributed by atoms with E-state index in [1.54, 1.807) is 12.1 Å². The SMILES string of the molecule is Cc1cccc2onc(Cn3c(=O)ccn([C@@H]4O[C@H](COP(=O)(O)O[P+](=O)O)[C@H](O)C4O)c3=O)c12. The van der Waals surface area contributed by atoms with Crippen molar-refractivity contribution < 1.29 is 47.2 Å². The Labute approximate surface area is 196 Å². The molecule has 1 aliphatic heterocycles. The minimum Gasteiger partial charge on any atom is -0.387 e.